The van der Waals surface area contributed by atoms with Gasteiger partial charge in [-0.05, 0) is 19.1 Å². The van der Waals surface area contributed by atoms with Gasteiger partial charge < -0.3 is 4.74 Å². The van der Waals surface area contributed by atoms with Crippen LogP contribution in [-0.4, -0.2) is 22.2 Å². The van der Waals surface area contributed by atoms with Crippen molar-refractivity contribution in [3.05, 3.63) is 78.5 Å². The monoisotopic (exact) mass is 318 g/mol. The molecule has 0 bridgehead atoms. The molecule has 2 aromatic heterocycles. The van der Waals surface area contributed by atoms with Gasteiger partial charge in [0, 0.05) is 23.4 Å². The topological polar surface area (TPSA) is 43.6 Å². The molecule has 1 aromatic carbocycles. The number of benzene rings is 1. The summed E-state index contributed by atoms with van der Waals surface area (Å²) >= 11 is 0. The first-order valence-corrected chi connectivity index (χ1v) is 7.84. The first-order chi connectivity index (χ1) is 11.8. The van der Waals surface area contributed by atoms with Crippen LogP contribution in [0, 0.1) is 0 Å². The fourth-order valence-corrected chi connectivity index (χ4v) is 2.47. The SMILES string of the molecule is CCOC(=O)C=CC=Cc1c(-c2ccccc2)nn2ccccc12. The number of allylic oxidation sites excluding steroid dienone is 2. The Hall–Kier alpha value is -3.14. The van der Waals surface area contributed by atoms with Crippen LogP contribution < -0.4 is 0 Å². The molecular formula is C20H18N2O2. The van der Waals surface area contributed by atoms with Gasteiger partial charge in [-0.3, -0.25) is 0 Å². The summed E-state index contributed by atoms with van der Waals surface area (Å²) in [6.45, 7) is 2.16. The lowest BCUT2D eigenvalue weighted by Gasteiger charge is -1.98. The maximum Gasteiger partial charge on any atom is 0.330 e. The maximum atomic E-state index is 11.3. The van der Waals surface area contributed by atoms with Crippen molar-refractivity contribution in [3.63, 3.8) is 0 Å². The second-order valence-corrected chi connectivity index (χ2v) is 5.13. The van der Waals surface area contributed by atoms with E-state index in [0.29, 0.717) is 6.61 Å². The summed E-state index contributed by atoms with van der Waals surface area (Å²) < 4.78 is 6.72. The zero-order valence-corrected chi connectivity index (χ0v) is 13.4. The van der Waals surface area contributed by atoms with Crippen molar-refractivity contribution in [3.8, 4) is 11.3 Å². The van der Waals surface area contributed by atoms with Gasteiger partial charge in [0.1, 0.15) is 5.69 Å². The van der Waals surface area contributed by atoms with E-state index < -0.39 is 0 Å². The predicted octanol–water partition coefficient (Wildman–Crippen LogP) is 4.13. The lowest BCUT2D eigenvalue weighted by atomic mass is 10.1. The molecule has 0 aliphatic rings. The molecule has 0 unspecified atom stereocenters. The Labute approximate surface area is 140 Å². The molecule has 0 saturated heterocycles. The van der Waals surface area contributed by atoms with Crippen LogP contribution in [0.4, 0.5) is 0 Å². The molecule has 0 aliphatic heterocycles. The average molecular weight is 318 g/mol. The zero-order valence-electron chi connectivity index (χ0n) is 13.4. The van der Waals surface area contributed by atoms with E-state index >= 15 is 0 Å². The Kier molecular flexibility index (Phi) is 4.87. The van der Waals surface area contributed by atoms with Crippen LogP contribution in [0.5, 0.6) is 0 Å². The van der Waals surface area contributed by atoms with Gasteiger partial charge in [-0.15, -0.1) is 0 Å². The fourth-order valence-electron chi connectivity index (χ4n) is 2.47. The van der Waals surface area contributed by atoms with E-state index in [4.69, 9.17) is 4.74 Å². The lowest BCUT2D eigenvalue weighted by Crippen LogP contribution is -1.98. The Bertz CT molecular complexity index is 892. The van der Waals surface area contributed by atoms with E-state index in [-0.39, 0.29) is 5.97 Å². The molecule has 0 N–H and O–H groups in total. The number of hydrogen-bond donors (Lipinski definition) is 0. The number of ether oxygens (including phenoxy) is 1. The van der Waals surface area contributed by atoms with Crippen molar-refractivity contribution in [2.24, 2.45) is 0 Å². The molecule has 0 fully saturated rings. The summed E-state index contributed by atoms with van der Waals surface area (Å²) in [4.78, 5) is 11.3. The van der Waals surface area contributed by atoms with Crippen molar-refractivity contribution >= 4 is 17.6 Å². The van der Waals surface area contributed by atoms with Crippen molar-refractivity contribution in [1.82, 2.24) is 9.61 Å². The van der Waals surface area contributed by atoms with Gasteiger partial charge in [0.25, 0.3) is 0 Å². The standard InChI is InChI=1S/C20H18N2O2/c1-2-24-19(23)14-7-6-12-17-18-13-8-9-15-22(18)21-20(17)16-10-4-3-5-11-16/h3-15H,2H2,1H3. The molecule has 2 heterocycles. The Morgan fingerprint density at radius 3 is 2.71 bits per heavy atom. The van der Waals surface area contributed by atoms with E-state index in [1.165, 1.54) is 6.08 Å². The molecule has 0 spiro atoms. The minimum atomic E-state index is -0.342. The number of fused-ring (bicyclic) bond motifs is 1. The zero-order chi connectivity index (χ0) is 16.8. The highest BCUT2D eigenvalue weighted by Gasteiger charge is 2.11. The van der Waals surface area contributed by atoms with Crippen LogP contribution in [-0.2, 0) is 9.53 Å². The number of aromatic nitrogens is 2. The van der Waals surface area contributed by atoms with Crippen LogP contribution in [0.3, 0.4) is 0 Å². The van der Waals surface area contributed by atoms with Gasteiger partial charge in [0.15, 0.2) is 0 Å². The fraction of sp³-hybridized carbons (Fsp3) is 0.100. The van der Waals surface area contributed by atoms with Gasteiger partial charge in [0.05, 0.1) is 12.1 Å². The molecule has 3 rings (SSSR count). The summed E-state index contributed by atoms with van der Waals surface area (Å²) in [7, 11) is 0. The van der Waals surface area contributed by atoms with Crippen molar-refractivity contribution in [1.29, 1.82) is 0 Å². The maximum absolute atomic E-state index is 11.3. The van der Waals surface area contributed by atoms with Crippen molar-refractivity contribution in [2.75, 3.05) is 6.61 Å². The molecule has 4 nitrogen and oxygen atoms in total. The van der Waals surface area contributed by atoms with Crippen LogP contribution in [0.15, 0.2) is 73.0 Å². The molecule has 0 radical (unpaired) electrons. The summed E-state index contributed by atoms with van der Waals surface area (Å²) in [6, 6.07) is 16.0. The Morgan fingerprint density at radius 1 is 1.12 bits per heavy atom. The largest absolute Gasteiger partial charge is 0.463 e. The molecule has 0 atom stereocenters. The number of carbonyl (C=O) groups excluding carboxylic acids is 1. The van der Waals surface area contributed by atoms with Gasteiger partial charge in [-0.1, -0.05) is 54.6 Å². The first-order valence-electron chi connectivity index (χ1n) is 7.84. The van der Waals surface area contributed by atoms with Crippen molar-refractivity contribution < 1.29 is 9.53 Å². The van der Waals surface area contributed by atoms with Crippen LogP contribution >= 0.6 is 0 Å². The molecular weight excluding hydrogens is 300 g/mol. The molecule has 4 heteroatoms. The van der Waals surface area contributed by atoms with E-state index in [9.17, 15) is 4.79 Å². The number of esters is 1. The smallest absolute Gasteiger partial charge is 0.330 e. The highest BCUT2D eigenvalue weighted by molar-refractivity contribution is 5.84. The summed E-state index contributed by atoms with van der Waals surface area (Å²) in [5.74, 6) is -0.342. The number of hydrogen-bond acceptors (Lipinski definition) is 3. The normalized spacial score (nSPS) is 11.5. The minimum Gasteiger partial charge on any atom is -0.463 e. The first kappa shape index (κ1) is 15.7. The van der Waals surface area contributed by atoms with E-state index in [1.807, 2.05) is 71.4 Å². The Balaban J connectivity index is 1.98. The highest BCUT2D eigenvalue weighted by Crippen LogP contribution is 2.27. The molecule has 0 aliphatic carbocycles. The summed E-state index contributed by atoms with van der Waals surface area (Å²) in [6.07, 6.45) is 8.80. The predicted molar refractivity (Wildman–Crippen MR) is 95.4 cm³/mol. The third kappa shape index (κ3) is 3.43. The molecule has 3 aromatic rings. The van der Waals surface area contributed by atoms with Crippen molar-refractivity contribution in [2.45, 2.75) is 6.92 Å². The van der Waals surface area contributed by atoms with Gasteiger partial charge in [-0.2, -0.15) is 5.10 Å². The molecule has 0 saturated carbocycles. The number of rotatable bonds is 5. The second-order valence-electron chi connectivity index (χ2n) is 5.13. The van der Waals surface area contributed by atoms with Crippen LogP contribution in [0.1, 0.15) is 12.5 Å². The number of nitrogens with zero attached hydrogens (tertiary/aromatic N) is 2. The van der Waals surface area contributed by atoms with E-state index in [2.05, 4.69) is 5.10 Å². The third-order valence-corrected chi connectivity index (χ3v) is 3.52. The lowest BCUT2D eigenvalue weighted by molar-refractivity contribution is -0.137. The van der Waals surface area contributed by atoms with E-state index in [1.54, 1.807) is 13.0 Å². The molecule has 0 amide bonds. The van der Waals surface area contributed by atoms with Gasteiger partial charge in [0.2, 0.25) is 0 Å². The van der Waals surface area contributed by atoms with E-state index in [0.717, 1.165) is 22.3 Å². The summed E-state index contributed by atoms with van der Waals surface area (Å²) in [5, 5.41) is 4.68. The van der Waals surface area contributed by atoms with Gasteiger partial charge >= 0.3 is 5.97 Å². The van der Waals surface area contributed by atoms with Crippen LogP contribution in [0.2, 0.25) is 0 Å². The number of pyridine rings is 1. The average Bonchev–Trinajstić information content (AvgIpc) is 2.98. The molecule has 120 valence electrons. The minimum absolute atomic E-state index is 0.342. The second kappa shape index (κ2) is 7.42. The van der Waals surface area contributed by atoms with Crippen LogP contribution in [0.25, 0.3) is 22.9 Å². The number of carbonyl (C=O) groups is 1. The van der Waals surface area contributed by atoms with Gasteiger partial charge in [-0.25, -0.2) is 9.31 Å². The summed E-state index contributed by atoms with van der Waals surface area (Å²) in [5.41, 5.74) is 3.98. The third-order valence-electron chi connectivity index (χ3n) is 3.52. The Morgan fingerprint density at radius 2 is 1.92 bits per heavy atom. The highest BCUT2D eigenvalue weighted by atomic mass is 16.5. The quantitative estimate of drug-likeness (QED) is 0.403. The molecule has 24 heavy (non-hydrogen) atoms.